The second-order valence-electron chi connectivity index (χ2n) is 5.91. The number of pyridine rings is 1. The maximum Gasteiger partial charge on any atom is 0.213 e. The monoisotopic (exact) mass is 275 g/mol. The van der Waals surface area contributed by atoms with Crippen molar-refractivity contribution in [3.63, 3.8) is 0 Å². The molecule has 1 aliphatic carbocycles. The number of rotatable bonds is 7. The molecule has 1 N–H and O–H groups in total. The first-order chi connectivity index (χ1) is 9.90. The predicted molar refractivity (Wildman–Crippen MR) is 79.9 cm³/mol. The number of nitrogens with zero attached hydrogens (tertiary/aromatic N) is 2. The van der Waals surface area contributed by atoms with Gasteiger partial charge in [0.1, 0.15) is 6.61 Å². The average molecular weight is 275 g/mol. The number of hydrogen-bond acceptors (Lipinski definition) is 4. The molecule has 20 heavy (non-hydrogen) atoms. The summed E-state index contributed by atoms with van der Waals surface area (Å²) in [5, 5.41) is 3.52. The SMILES string of the molecule is c1cc(CNC2CC2)cc(OCCN2CCCCC2)n1. The fourth-order valence-electron chi connectivity index (χ4n) is 2.65. The Morgan fingerprint density at radius 1 is 1.25 bits per heavy atom. The Labute approximate surface area is 121 Å². The first-order valence-electron chi connectivity index (χ1n) is 7.93. The Bertz CT molecular complexity index is 414. The maximum absolute atomic E-state index is 5.79. The normalized spacial score (nSPS) is 20.0. The molecule has 2 fully saturated rings. The lowest BCUT2D eigenvalue weighted by molar-refractivity contribution is 0.180. The predicted octanol–water partition coefficient (Wildman–Crippen LogP) is 2.20. The summed E-state index contributed by atoms with van der Waals surface area (Å²) in [6.07, 6.45) is 8.55. The first kappa shape index (κ1) is 13.8. The molecule has 1 aliphatic heterocycles. The highest BCUT2D eigenvalue weighted by Gasteiger charge is 2.19. The molecule has 3 rings (SSSR count). The van der Waals surface area contributed by atoms with E-state index >= 15 is 0 Å². The van der Waals surface area contributed by atoms with Crippen LogP contribution in [0.15, 0.2) is 18.3 Å². The maximum atomic E-state index is 5.79. The van der Waals surface area contributed by atoms with Gasteiger partial charge in [-0.25, -0.2) is 4.98 Å². The zero-order valence-corrected chi connectivity index (χ0v) is 12.2. The molecule has 0 unspecified atom stereocenters. The number of aromatic nitrogens is 1. The van der Waals surface area contributed by atoms with E-state index in [9.17, 15) is 0 Å². The summed E-state index contributed by atoms with van der Waals surface area (Å²) in [6.45, 7) is 5.14. The summed E-state index contributed by atoms with van der Waals surface area (Å²) in [6, 6.07) is 4.87. The van der Waals surface area contributed by atoms with E-state index < -0.39 is 0 Å². The van der Waals surface area contributed by atoms with Gasteiger partial charge in [-0.15, -0.1) is 0 Å². The van der Waals surface area contributed by atoms with Gasteiger partial charge in [0.05, 0.1) is 0 Å². The van der Waals surface area contributed by atoms with Crippen LogP contribution in [0.1, 0.15) is 37.7 Å². The fraction of sp³-hybridized carbons (Fsp3) is 0.688. The molecule has 0 atom stereocenters. The molecule has 2 aliphatic rings. The molecule has 2 heterocycles. The topological polar surface area (TPSA) is 37.4 Å². The van der Waals surface area contributed by atoms with Crippen molar-refractivity contribution in [2.24, 2.45) is 0 Å². The molecule has 110 valence electrons. The van der Waals surface area contributed by atoms with Gasteiger partial charge >= 0.3 is 0 Å². The number of piperidine rings is 1. The standard InChI is InChI=1S/C16H25N3O/c1-2-8-19(9-3-1)10-11-20-16-12-14(6-7-17-16)13-18-15-4-5-15/h6-7,12,15,18H,1-5,8-11,13H2. The molecule has 0 spiro atoms. The second-order valence-corrected chi connectivity index (χ2v) is 5.91. The Morgan fingerprint density at radius 2 is 2.10 bits per heavy atom. The molecule has 4 nitrogen and oxygen atoms in total. The molecule has 0 aromatic carbocycles. The van der Waals surface area contributed by atoms with Crippen LogP contribution in [0.5, 0.6) is 5.88 Å². The summed E-state index contributed by atoms with van der Waals surface area (Å²) in [5.41, 5.74) is 1.26. The van der Waals surface area contributed by atoms with Crippen molar-refractivity contribution in [1.29, 1.82) is 0 Å². The van der Waals surface area contributed by atoms with Crippen LogP contribution >= 0.6 is 0 Å². The lowest BCUT2D eigenvalue weighted by Crippen LogP contribution is -2.33. The molecule has 1 aromatic rings. The minimum Gasteiger partial charge on any atom is -0.476 e. The Morgan fingerprint density at radius 3 is 2.90 bits per heavy atom. The van der Waals surface area contributed by atoms with E-state index in [0.29, 0.717) is 0 Å². The van der Waals surface area contributed by atoms with Gasteiger partial charge in [0.25, 0.3) is 0 Å². The van der Waals surface area contributed by atoms with Gasteiger partial charge in [-0.05, 0) is 50.4 Å². The number of likely N-dealkylation sites (tertiary alicyclic amines) is 1. The summed E-state index contributed by atoms with van der Waals surface area (Å²) in [5.74, 6) is 0.761. The van der Waals surface area contributed by atoms with E-state index in [2.05, 4.69) is 27.3 Å². The Kier molecular flexibility index (Phi) is 4.87. The van der Waals surface area contributed by atoms with E-state index in [1.54, 1.807) is 0 Å². The first-order valence-corrected chi connectivity index (χ1v) is 7.93. The number of hydrogen-bond donors (Lipinski definition) is 1. The average Bonchev–Trinajstić information content (AvgIpc) is 3.31. The molecule has 1 saturated carbocycles. The van der Waals surface area contributed by atoms with Crippen LogP contribution in [0.4, 0.5) is 0 Å². The minimum atomic E-state index is 0.742. The summed E-state index contributed by atoms with van der Waals surface area (Å²) < 4.78 is 5.79. The van der Waals surface area contributed by atoms with Gasteiger partial charge in [0.2, 0.25) is 5.88 Å². The van der Waals surface area contributed by atoms with Crippen LogP contribution in [0, 0.1) is 0 Å². The third-order valence-electron chi connectivity index (χ3n) is 4.08. The van der Waals surface area contributed by atoms with Crippen molar-refractivity contribution in [1.82, 2.24) is 15.2 Å². The summed E-state index contributed by atoms with van der Waals surface area (Å²) >= 11 is 0. The van der Waals surface area contributed by atoms with Gasteiger partial charge in [-0.3, -0.25) is 4.90 Å². The van der Waals surface area contributed by atoms with E-state index in [4.69, 9.17) is 4.74 Å². The highest BCUT2D eigenvalue weighted by molar-refractivity contribution is 5.20. The molecule has 4 heteroatoms. The van der Waals surface area contributed by atoms with Crippen LogP contribution < -0.4 is 10.1 Å². The quantitative estimate of drug-likeness (QED) is 0.828. The van der Waals surface area contributed by atoms with Gasteiger partial charge in [0.15, 0.2) is 0 Å². The van der Waals surface area contributed by atoms with Gasteiger partial charge in [0, 0.05) is 31.4 Å². The highest BCUT2D eigenvalue weighted by Crippen LogP contribution is 2.19. The molecule has 0 radical (unpaired) electrons. The van der Waals surface area contributed by atoms with Crippen LogP contribution in [0.2, 0.25) is 0 Å². The third-order valence-corrected chi connectivity index (χ3v) is 4.08. The largest absolute Gasteiger partial charge is 0.476 e. The van der Waals surface area contributed by atoms with E-state index in [1.165, 1.54) is 50.8 Å². The van der Waals surface area contributed by atoms with Crippen molar-refractivity contribution < 1.29 is 4.74 Å². The molecule has 0 amide bonds. The molecule has 0 bridgehead atoms. The van der Waals surface area contributed by atoms with E-state index in [-0.39, 0.29) is 0 Å². The van der Waals surface area contributed by atoms with E-state index in [0.717, 1.165) is 31.6 Å². The number of ether oxygens (including phenoxy) is 1. The molecular formula is C16H25N3O. The lowest BCUT2D eigenvalue weighted by Gasteiger charge is -2.26. The molecular weight excluding hydrogens is 250 g/mol. The molecule has 1 aromatic heterocycles. The van der Waals surface area contributed by atoms with Crippen molar-refractivity contribution in [2.75, 3.05) is 26.2 Å². The van der Waals surface area contributed by atoms with Crippen LogP contribution in [-0.4, -0.2) is 42.2 Å². The van der Waals surface area contributed by atoms with Crippen LogP contribution in [0.25, 0.3) is 0 Å². The van der Waals surface area contributed by atoms with Crippen molar-refractivity contribution >= 4 is 0 Å². The van der Waals surface area contributed by atoms with Gasteiger partial charge < -0.3 is 10.1 Å². The van der Waals surface area contributed by atoms with Crippen molar-refractivity contribution in [3.8, 4) is 5.88 Å². The summed E-state index contributed by atoms with van der Waals surface area (Å²) in [4.78, 5) is 6.78. The zero-order chi connectivity index (χ0) is 13.6. The number of nitrogens with one attached hydrogen (secondary N) is 1. The zero-order valence-electron chi connectivity index (χ0n) is 12.2. The van der Waals surface area contributed by atoms with E-state index in [1.807, 2.05) is 6.20 Å². The van der Waals surface area contributed by atoms with Crippen molar-refractivity contribution in [2.45, 2.75) is 44.7 Å². The smallest absolute Gasteiger partial charge is 0.213 e. The Hall–Kier alpha value is -1.13. The lowest BCUT2D eigenvalue weighted by atomic mass is 10.1. The third kappa shape index (κ3) is 4.46. The summed E-state index contributed by atoms with van der Waals surface area (Å²) in [7, 11) is 0. The Balaban J connectivity index is 1.40. The van der Waals surface area contributed by atoms with Crippen molar-refractivity contribution in [3.05, 3.63) is 23.9 Å². The van der Waals surface area contributed by atoms with Crippen LogP contribution in [-0.2, 0) is 6.54 Å². The van der Waals surface area contributed by atoms with Crippen LogP contribution in [0.3, 0.4) is 0 Å². The molecule has 1 saturated heterocycles. The fourth-order valence-corrected chi connectivity index (χ4v) is 2.65. The van der Waals surface area contributed by atoms with Gasteiger partial charge in [-0.1, -0.05) is 6.42 Å². The second kappa shape index (κ2) is 7.04. The minimum absolute atomic E-state index is 0.742. The van der Waals surface area contributed by atoms with Gasteiger partial charge in [-0.2, -0.15) is 0 Å². The highest BCUT2D eigenvalue weighted by atomic mass is 16.5.